The highest BCUT2D eigenvalue weighted by Crippen LogP contribution is 2.29. The van der Waals surface area contributed by atoms with Gasteiger partial charge in [-0.25, -0.2) is 18.1 Å². The van der Waals surface area contributed by atoms with Crippen LogP contribution in [0.3, 0.4) is 0 Å². The Morgan fingerprint density at radius 1 is 1.05 bits per heavy atom. The van der Waals surface area contributed by atoms with Gasteiger partial charge in [-0.1, -0.05) is 26.0 Å². The fourth-order valence-corrected chi connectivity index (χ4v) is 4.26. The summed E-state index contributed by atoms with van der Waals surface area (Å²) in [5, 5.41) is 5.65. The van der Waals surface area contributed by atoms with Crippen molar-refractivity contribution in [1.82, 2.24) is 24.6 Å². The van der Waals surface area contributed by atoms with Gasteiger partial charge >= 0.3 is 15.5 Å². The number of sulfonamides is 1. The Labute approximate surface area is 228 Å². The molecule has 3 N–H and O–H groups in total. The number of imidazole rings is 1. The molecule has 0 saturated carbocycles. The van der Waals surface area contributed by atoms with E-state index < -0.39 is 28.0 Å². The number of carbonyl (C=O) groups excluding carboxylic acids is 1. The summed E-state index contributed by atoms with van der Waals surface area (Å²) >= 11 is 0. The zero-order chi connectivity index (χ0) is 29.1. The molecule has 0 aliphatic rings. The first-order valence-electron chi connectivity index (χ1n) is 12.2. The van der Waals surface area contributed by atoms with Gasteiger partial charge < -0.3 is 19.9 Å². The molecule has 0 saturated heterocycles. The van der Waals surface area contributed by atoms with Gasteiger partial charge in [0, 0.05) is 44.2 Å². The van der Waals surface area contributed by atoms with Gasteiger partial charge in [0.25, 0.3) is 5.91 Å². The Bertz CT molecular complexity index is 1640. The second-order valence-electron chi connectivity index (χ2n) is 9.13. The van der Waals surface area contributed by atoms with Crippen molar-refractivity contribution in [1.29, 1.82) is 0 Å². The molecule has 14 heteroatoms. The Morgan fingerprint density at radius 3 is 2.52 bits per heavy atom. The van der Waals surface area contributed by atoms with E-state index in [1.165, 1.54) is 28.6 Å². The number of hydrogen-bond acceptors (Lipinski definition) is 7. The van der Waals surface area contributed by atoms with E-state index in [0.717, 1.165) is 11.2 Å². The zero-order valence-electron chi connectivity index (χ0n) is 21.8. The number of aryl methyl sites for hydroxylation is 1. The van der Waals surface area contributed by atoms with Crippen molar-refractivity contribution < 1.29 is 31.1 Å². The topological polar surface area (TPSA) is 127 Å². The van der Waals surface area contributed by atoms with Crippen molar-refractivity contribution in [2.24, 2.45) is 7.05 Å². The van der Waals surface area contributed by atoms with Gasteiger partial charge in [0.15, 0.2) is 0 Å². The number of amides is 1. The first kappa shape index (κ1) is 28.8. The highest BCUT2D eigenvalue weighted by Gasteiger charge is 2.45. The Hall–Kier alpha value is -4.17. The normalized spacial score (nSPS) is 12.1. The fourth-order valence-electron chi connectivity index (χ4n) is 3.73. The van der Waals surface area contributed by atoms with Crippen molar-refractivity contribution in [3.8, 4) is 11.5 Å². The molecule has 0 radical (unpaired) electrons. The summed E-state index contributed by atoms with van der Waals surface area (Å²) in [6.45, 7) is 3.23. The average Bonchev–Trinajstić information content (AvgIpc) is 3.20. The third kappa shape index (κ3) is 6.69. The van der Waals surface area contributed by atoms with Crippen LogP contribution in [0.4, 0.5) is 24.8 Å². The van der Waals surface area contributed by atoms with Crippen molar-refractivity contribution >= 4 is 38.6 Å². The van der Waals surface area contributed by atoms with Crippen LogP contribution >= 0.6 is 0 Å². The first-order valence-corrected chi connectivity index (χ1v) is 13.6. The maximum Gasteiger partial charge on any atom is 0.511 e. The van der Waals surface area contributed by atoms with Crippen molar-refractivity contribution in [3.05, 3.63) is 72.1 Å². The zero-order valence-corrected chi connectivity index (χ0v) is 22.6. The SMILES string of the molecule is CC(C)c1cccc(Nc2nc3cc(Oc4ccnc(C(=O)NCCNS(=O)(=O)C(F)(F)F)c4)ccc3n2C)c1. The minimum atomic E-state index is -5.49. The van der Waals surface area contributed by atoms with Crippen LogP contribution in [-0.4, -0.2) is 47.5 Å². The van der Waals surface area contributed by atoms with Gasteiger partial charge in [-0.05, 0) is 41.8 Å². The number of aromatic nitrogens is 3. The van der Waals surface area contributed by atoms with E-state index in [-0.39, 0.29) is 18.0 Å². The molecular formula is C26H27F3N6O4S. The molecule has 0 aliphatic carbocycles. The Morgan fingerprint density at radius 2 is 1.80 bits per heavy atom. The predicted molar refractivity (Wildman–Crippen MR) is 144 cm³/mol. The van der Waals surface area contributed by atoms with E-state index in [4.69, 9.17) is 4.74 Å². The van der Waals surface area contributed by atoms with Gasteiger partial charge in [0.1, 0.15) is 17.2 Å². The number of rotatable bonds is 10. The molecule has 0 atom stereocenters. The van der Waals surface area contributed by atoms with E-state index >= 15 is 0 Å². The molecule has 0 unspecified atom stereocenters. The molecule has 10 nitrogen and oxygen atoms in total. The number of nitrogens with zero attached hydrogens (tertiary/aromatic N) is 3. The third-order valence-corrected chi connectivity index (χ3v) is 7.06. The molecule has 0 aliphatic heterocycles. The molecule has 2 aromatic carbocycles. The number of benzene rings is 2. The van der Waals surface area contributed by atoms with Gasteiger partial charge in [0.2, 0.25) is 5.95 Å². The predicted octanol–water partition coefficient (Wildman–Crippen LogP) is 4.80. The molecule has 4 aromatic rings. The number of ether oxygens (including phenoxy) is 1. The maximum absolute atomic E-state index is 12.4. The lowest BCUT2D eigenvalue weighted by Gasteiger charge is -2.10. The van der Waals surface area contributed by atoms with Gasteiger partial charge in [0.05, 0.1) is 11.0 Å². The number of anilines is 2. The molecule has 2 heterocycles. The van der Waals surface area contributed by atoms with Gasteiger partial charge in [-0.15, -0.1) is 0 Å². The van der Waals surface area contributed by atoms with E-state index in [2.05, 4.69) is 46.6 Å². The highest BCUT2D eigenvalue weighted by atomic mass is 32.2. The van der Waals surface area contributed by atoms with Crippen LogP contribution in [0.2, 0.25) is 0 Å². The second-order valence-corrected chi connectivity index (χ2v) is 10.9. The highest BCUT2D eigenvalue weighted by molar-refractivity contribution is 7.90. The lowest BCUT2D eigenvalue weighted by Crippen LogP contribution is -2.40. The van der Waals surface area contributed by atoms with Gasteiger partial charge in [-0.2, -0.15) is 13.2 Å². The maximum atomic E-state index is 12.4. The van der Waals surface area contributed by atoms with Crippen LogP contribution in [0.1, 0.15) is 35.8 Å². The molecule has 212 valence electrons. The van der Waals surface area contributed by atoms with Crippen LogP contribution in [0.25, 0.3) is 11.0 Å². The Kier molecular flexibility index (Phi) is 8.30. The number of carbonyl (C=O) groups is 1. The van der Waals surface area contributed by atoms with E-state index in [9.17, 15) is 26.4 Å². The lowest BCUT2D eigenvalue weighted by atomic mass is 10.0. The van der Waals surface area contributed by atoms with Crippen LogP contribution in [0, 0.1) is 0 Å². The van der Waals surface area contributed by atoms with Gasteiger partial charge in [-0.3, -0.25) is 9.78 Å². The third-order valence-electron chi connectivity index (χ3n) is 5.87. The smallest absolute Gasteiger partial charge is 0.457 e. The molecule has 0 bridgehead atoms. The number of halogens is 3. The summed E-state index contributed by atoms with van der Waals surface area (Å²) in [7, 11) is -3.59. The lowest BCUT2D eigenvalue weighted by molar-refractivity contribution is -0.0447. The van der Waals surface area contributed by atoms with E-state index in [0.29, 0.717) is 23.1 Å². The molecule has 2 aromatic heterocycles. The van der Waals surface area contributed by atoms with Crippen LogP contribution in [0.15, 0.2) is 60.8 Å². The standard InChI is InChI=1S/C26H27F3N6O4S/c1-16(2)17-5-4-6-18(13-17)33-25-34-21-14-19(7-8-23(21)35(25)3)39-20-9-10-30-22(15-20)24(36)31-11-12-32-40(37,38)26(27,28)29/h4-10,13-16,32H,11-12H2,1-3H3,(H,31,36)(H,33,34). The van der Waals surface area contributed by atoms with Crippen LogP contribution in [-0.2, 0) is 17.1 Å². The minimum absolute atomic E-state index is 0.0646. The Balaban J connectivity index is 1.41. The quantitative estimate of drug-likeness (QED) is 0.232. The van der Waals surface area contributed by atoms with Crippen LogP contribution in [0.5, 0.6) is 11.5 Å². The summed E-state index contributed by atoms with van der Waals surface area (Å²) in [4.78, 5) is 21.0. The van der Waals surface area contributed by atoms with Crippen molar-refractivity contribution in [3.63, 3.8) is 0 Å². The molecule has 4 rings (SSSR count). The summed E-state index contributed by atoms with van der Waals surface area (Å²) in [6.07, 6.45) is 1.34. The number of fused-ring (bicyclic) bond motifs is 1. The van der Waals surface area contributed by atoms with E-state index in [1.54, 1.807) is 12.1 Å². The number of pyridine rings is 1. The van der Waals surface area contributed by atoms with Crippen molar-refractivity contribution in [2.75, 3.05) is 18.4 Å². The number of alkyl halides is 3. The van der Waals surface area contributed by atoms with Crippen LogP contribution < -0.4 is 20.1 Å². The summed E-state index contributed by atoms with van der Waals surface area (Å²) < 4.78 is 68.3. The summed E-state index contributed by atoms with van der Waals surface area (Å²) in [5.74, 6) is 1.07. The molecule has 40 heavy (non-hydrogen) atoms. The monoisotopic (exact) mass is 576 g/mol. The summed E-state index contributed by atoms with van der Waals surface area (Å²) in [6, 6.07) is 16.4. The van der Waals surface area contributed by atoms with Crippen molar-refractivity contribution in [2.45, 2.75) is 25.3 Å². The largest absolute Gasteiger partial charge is 0.511 e. The molecule has 1 amide bonds. The minimum Gasteiger partial charge on any atom is -0.457 e. The number of nitrogens with one attached hydrogen (secondary N) is 3. The molecule has 0 fully saturated rings. The fraction of sp³-hybridized carbons (Fsp3) is 0.269. The molecular weight excluding hydrogens is 549 g/mol. The summed E-state index contributed by atoms with van der Waals surface area (Å²) in [5.41, 5.74) is -1.83. The first-order chi connectivity index (χ1) is 18.8. The molecule has 0 spiro atoms. The average molecular weight is 577 g/mol. The van der Waals surface area contributed by atoms with E-state index in [1.807, 2.05) is 29.8 Å². The number of hydrogen-bond donors (Lipinski definition) is 3. The second kappa shape index (κ2) is 11.5.